The molecule has 0 aliphatic heterocycles. The van der Waals surface area contributed by atoms with Gasteiger partial charge in [0.25, 0.3) is 0 Å². The first-order valence-electron chi connectivity index (χ1n) is 7.24. The zero-order valence-electron chi connectivity index (χ0n) is 14.4. The zero-order valence-corrected chi connectivity index (χ0v) is 14.4. The summed E-state index contributed by atoms with van der Waals surface area (Å²) in [6.45, 7) is 1.70. The van der Waals surface area contributed by atoms with Crippen LogP contribution in [0.3, 0.4) is 0 Å². The molecule has 0 saturated heterocycles. The highest BCUT2D eigenvalue weighted by atomic mass is 16.5. The number of aliphatic hydroxyl groups excluding tert-OH is 1. The van der Waals surface area contributed by atoms with Gasteiger partial charge in [-0.3, -0.25) is 9.28 Å². The van der Waals surface area contributed by atoms with Crippen molar-refractivity contribution < 1.29 is 19.5 Å². The first kappa shape index (κ1) is 18.8. The summed E-state index contributed by atoms with van der Waals surface area (Å²) in [7, 11) is 15.2. The Morgan fingerprint density at radius 2 is 1.68 bits per heavy atom. The van der Waals surface area contributed by atoms with Crippen LogP contribution in [-0.4, -0.2) is 67.5 Å². The second-order valence-electron chi connectivity index (χ2n) is 7.40. The number of nitrogens with zero attached hydrogens (tertiary/aromatic N) is 2. The quantitative estimate of drug-likeness (QED) is 0.473. The van der Waals surface area contributed by atoms with Gasteiger partial charge in [0.15, 0.2) is 11.3 Å². The van der Waals surface area contributed by atoms with Crippen LogP contribution in [0.2, 0.25) is 0 Å². The van der Waals surface area contributed by atoms with Gasteiger partial charge in [-0.2, -0.15) is 0 Å². The van der Waals surface area contributed by atoms with Crippen LogP contribution >= 0.6 is 0 Å². The fourth-order valence-corrected chi connectivity index (χ4v) is 2.31. The lowest BCUT2D eigenvalue weighted by Gasteiger charge is -2.44. The molecule has 5 nitrogen and oxygen atoms in total. The first-order chi connectivity index (χ1) is 9.80. The molecule has 0 aliphatic carbocycles. The monoisotopic (exact) mass is 308 g/mol. The van der Waals surface area contributed by atoms with Crippen LogP contribution < -0.4 is 4.48 Å². The maximum atomic E-state index is 12.8. The number of Topliss-reactive ketones (excluding diaryl/α,β-unsaturated/α-hetero) is 1. The highest BCUT2D eigenvalue weighted by molar-refractivity contribution is 6.01. The molecule has 2 radical (unpaired) electrons. The van der Waals surface area contributed by atoms with Crippen LogP contribution in [0.1, 0.15) is 23.7 Å². The van der Waals surface area contributed by atoms with E-state index in [9.17, 15) is 15.0 Å². The van der Waals surface area contributed by atoms with E-state index in [0.29, 0.717) is 11.3 Å². The molecule has 1 rings (SSSR count). The van der Waals surface area contributed by atoms with Crippen molar-refractivity contribution in [2.45, 2.75) is 25.2 Å². The summed E-state index contributed by atoms with van der Waals surface area (Å²) in [6, 6.07) is 7.15. The number of hydrogen-bond donors (Lipinski definition) is 2. The van der Waals surface area contributed by atoms with Gasteiger partial charge in [-0.1, -0.05) is 12.1 Å². The Balaban J connectivity index is 3.24. The topological polar surface area (TPSA) is 57.5 Å². The van der Waals surface area contributed by atoms with Crippen molar-refractivity contribution in [3.63, 3.8) is 0 Å². The molecule has 1 aromatic carbocycles. The van der Waals surface area contributed by atoms with Gasteiger partial charge in [0.2, 0.25) is 13.3 Å². The number of hydrogen-bond acceptors (Lipinski definition) is 3. The number of rotatable bonds is 6. The molecule has 122 valence electrons. The second kappa shape index (κ2) is 6.08. The fraction of sp³-hybridized carbons (Fsp3) is 0.529. The summed E-state index contributed by atoms with van der Waals surface area (Å²) >= 11 is 0. The lowest BCUT2D eigenvalue weighted by Crippen LogP contribution is -2.62. The normalized spacial score (nSPS) is 15.7. The van der Waals surface area contributed by atoms with E-state index in [0.717, 1.165) is 0 Å². The van der Waals surface area contributed by atoms with Gasteiger partial charge in [-0.05, 0) is 19.1 Å². The van der Waals surface area contributed by atoms with Gasteiger partial charge in [0, 0.05) is 0 Å². The largest absolute Gasteiger partial charge is 0.363 e. The molecule has 2 N–H and O–H groups in total. The van der Waals surface area contributed by atoms with Crippen LogP contribution in [0.4, 0.5) is 5.69 Å². The van der Waals surface area contributed by atoms with Crippen molar-refractivity contribution in [1.82, 2.24) is 4.48 Å². The molecule has 0 fully saturated rings. The van der Waals surface area contributed by atoms with E-state index in [4.69, 9.17) is 7.05 Å². The van der Waals surface area contributed by atoms with Gasteiger partial charge >= 0.3 is 0 Å². The van der Waals surface area contributed by atoms with E-state index in [2.05, 4.69) is 0 Å². The van der Waals surface area contributed by atoms with E-state index in [1.807, 2.05) is 33.3 Å². The summed E-state index contributed by atoms with van der Waals surface area (Å²) in [5.74, 6) is -0.157. The summed E-state index contributed by atoms with van der Waals surface area (Å²) in [5, 5.41) is 19.6. The number of para-hydroxylation sites is 1. The molecule has 0 aromatic heterocycles. The third-order valence-corrected chi connectivity index (χ3v) is 4.43. The lowest BCUT2D eigenvalue weighted by molar-refractivity contribution is -0.929. The van der Waals surface area contributed by atoms with Crippen LogP contribution in [0.15, 0.2) is 24.3 Å². The number of quaternary nitrogens is 2. The Hall–Kier alpha value is -1.27. The number of carbonyl (C=O) groups excluding carboxylic acids is 1. The molecule has 22 heavy (non-hydrogen) atoms. The molecule has 0 aliphatic rings. The SMILES string of the molecule is [CH][N+](C)(C)c1ccccc1C(=O)CC(C)(C(O)O)[N+](C)(C)C. The molecule has 0 spiro atoms. The number of ketones is 1. The van der Waals surface area contributed by atoms with E-state index >= 15 is 0 Å². The van der Waals surface area contributed by atoms with Crippen molar-refractivity contribution in [2.24, 2.45) is 0 Å². The van der Waals surface area contributed by atoms with Gasteiger partial charge in [0.05, 0.1) is 47.2 Å². The minimum atomic E-state index is -1.61. The Labute approximate surface area is 133 Å². The number of aliphatic hydroxyl groups is 2. The maximum absolute atomic E-state index is 12.8. The zero-order chi connectivity index (χ0) is 17.3. The molecule has 0 saturated carbocycles. The molecule has 0 amide bonds. The summed E-state index contributed by atoms with van der Waals surface area (Å²) in [5.41, 5.74) is 0.189. The van der Waals surface area contributed by atoms with E-state index < -0.39 is 11.8 Å². The summed E-state index contributed by atoms with van der Waals surface area (Å²) in [4.78, 5) is 12.8. The second-order valence-corrected chi connectivity index (χ2v) is 7.40. The molecular formula is C17H28N2O3+2. The van der Waals surface area contributed by atoms with Crippen LogP contribution in [0.25, 0.3) is 0 Å². The lowest BCUT2D eigenvalue weighted by atomic mass is 9.88. The van der Waals surface area contributed by atoms with Gasteiger partial charge in [-0.25, -0.2) is 0 Å². The van der Waals surface area contributed by atoms with Crippen molar-refractivity contribution in [1.29, 1.82) is 0 Å². The van der Waals surface area contributed by atoms with Crippen molar-refractivity contribution >= 4 is 11.5 Å². The fourth-order valence-electron chi connectivity index (χ4n) is 2.31. The third-order valence-electron chi connectivity index (χ3n) is 4.43. The Morgan fingerprint density at radius 3 is 2.09 bits per heavy atom. The minimum Gasteiger partial charge on any atom is -0.363 e. The predicted octanol–water partition coefficient (Wildman–Crippen LogP) is 1.27. The Kier molecular flexibility index (Phi) is 5.19. The molecule has 0 heterocycles. The van der Waals surface area contributed by atoms with E-state index in [1.54, 1.807) is 33.2 Å². The Morgan fingerprint density at radius 1 is 1.18 bits per heavy atom. The number of benzene rings is 1. The molecule has 1 aromatic rings. The maximum Gasteiger partial charge on any atom is 0.211 e. The highest BCUT2D eigenvalue weighted by Gasteiger charge is 2.47. The standard InChI is InChI=1S/C17H28N2O3/c1-17(16(21)22,19(5,6)7)12-15(20)13-10-8-9-11-14(13)18(2,3)4/h2,8-11,16,21-22H,12H2,1,3-7H3/q+2. The van der Waals surface area contributed by atoms with Gasteiger partial charge < -0.3 is 14.7 Å². The molecule has 5 heteroatoms. The van der Waals surface area contributed by atoms with Crippen LogP contribution in [0.5, 0.6) is 0 Å². The first-order valence-corrected chi connectivity index (χ1v) is 7.24. The summed E-state index contributed by atoms with van der Waals surface area (Å²) in [6.07, 6.45) is -1.60. The minimum absolute atomic E-state index is 0.00514. The highest BCUT2D eigenvalue weighted by Crippen LogP contribution is 2.31. The average Bonchev–Trinajstić information content (AvgIpc) is 2.36. The van der Waals surface area contributed by atoms with Crippen molar-refractivity contribution in [2.75, 3.05) is 35.2 Å². The number of carbonyl (C=O) groups is 1. The van der Waals surface area contributed by atoms with Crippen molar-refractivity contribution in [3.05, 3.63) is 36.9 Å². The molecular weight excluding hydrogens is 280 g/mol. The van der Waals surface area contributed by atoms with Gasteiger partial charge in [0.1, 0.15) is 5.69 Å². The van der Waals surface area contributed by atoms with Gasteiger partial charge in [-0.15, -0.1) is 0 Å². The van der Waals surface area contributed by atoms with E-state index in [-0.39, 0.29) is 21.2 Å². The number of likely N-dealkylation sites (N-methyl/N-ethyl adjacent to an activating group) is 1. The predicted molar refractivity (Wildman–Crippen MR) is 88.0 cm³/mol. The molecule has 0 bridgehead atoms. The Bertz CT molecular complexity index is 542. The molecule has 1 atom stereocenters. The smallest absolute Gasteiger partial charge is 0.211 e. The van der Waals surface area contributed by atoms with Crippen molar-refractivity contribution in [3.8, 4) is 0 Å². The molecule has 1 unspecified atom stereocenters. The third kappa shape index (κ3) is 3.73. The summed E-state index contributed by atoms with van der Waals surface area (Å²) < 4.78 is 0.282. The van der Waals surface area contributed by atoms with E-state index in [1.165, 1.54) is 0 Å². The average molecular weight is 308 g/mol. The van der Waals surface area contributed by atoms with Crippen LogP contribution in [0, 0.1) is 7.05 Å². The van der Waals surface area contributed by atoms with Crippen LogP contribution in [-0.2, 0) is 0 Å².